The number of ether oxygens (including phenoxy) is 1. The third-order valence-electron chi connectivity index (χ3n) is 4.67. The highest BCUT2D eigenvalue weighted by Gasteiger charge is 2.24. The van der Waals surface area contributed by atoms with Gasteiger partial charge < -0.3 is 19.9 Å². The van der Waals surface area contributed by atoms with Gasteiger partial charge in [-0.3, -0.25) is 4.99 Å². The lowest BCUT2D eigenvalue weighted by molar-refractivity contribution is 0.0906. The summed E-state index contributed by atoms with van der Waals surface area (Å²) >= 11 is 0. The van der Waals surface area contributed by atoms with Gasteiger partial charge in [-0.05, 0) is 32.5 Å². The van der Waals surface area contributed by atoms with Crippen LogP contribution >= 0.6 is 0 Å². The summed E-state index contributed by atoms with van der Waals surface area (Å²) in [5, 5.41) is 3.44. The monoisotopic (exact) mass is 346 g/mol. The molecule has 1 fully saturated rings. The van der Waals surface area contributed by atoms with Crippen molar-refractivity contribution in [1.82, 2.24) is 15.1 Å². The summed E-state index contributed by atoms with van der Waals surface area (Å²) in [5.74, 6) is 1.64. The fraction of sp³-hybridized carbons (Fsp3) is 0.650. The first-order chi connectivity index (χ1) is 12.2. The van der Waals surface area contributed by atoms with Crippen molar-refractivity contribution >= 4 is 5.96 Å². The predicted molar refractivity (Wildman–Crippen MR) is 105 cm³/mol. The summed E-state index contributed by atoms with van der Waals surface area (Å²) in [6.07, 6.45) is 1.17. The Morgan fingerprint density at radius 1 is 1.32 bits per heavy atom. The van der Waals surface area contributed by atoms with E-state index in [1.807, 2.05) is 6.07 Å². The molecule has 0 bridgehead atoms. The maximum Gasteiger partial charge on any atom is 0.193 e. The molecule has 0 amide bonds. The molecule has 1 saturated heterocycles. The lowest BCUT2D eigenvalue weighted by atomic mass is 10.1. The van der Waals surface area contributed by atoms with Crippen LogP contribution in [0.15, 0.2) is 35.3 Å². The van der Waals surface area contributed by atoms with Crippen LogP contribution in [-0.4, -0.2) is 68.7 Å². The molecule has 1 aliphatic rings. The van der Waals surface area contributed by atoms with Gasteiger partial charge in [-0.2, -0.15) is 0 Å². The molecule has 1 N–H and O–H groups in total. The van der Waals surface area contributed by atoms with Gasteiger partial charge in [0.1, 0.15) is 0 Å². The zero-order chi connectivity index (χ0) is 17.9. The standard InChI is InChI=1S/C20H34N4O/c1-4-21-20(22-12-14-23(3)5-2)24-13-11-19(15-24)17-25-16-18-9-7-6-8-10-18/h6-10,19H,4-5,11-17H2,1-3H3,(H,21,22). The summed E-state index contributed by atoms with van der Waals surface area (Å²) in [4.78, 5) is 9.46. The Morgan fingerprint density at radius 2 is 2.12 bits per heavy atom. The van der Waals surface area contributed by atoms with E-state index in [-0.39, 0.29) is 0 Å². The van der Waals surface area contributed by atoms with E-state index in [4.69, 9.17) is 9.73 Å². The van der Waals surface area contributed by atoms with Crippen LogP contribution in [0.5, 0.6) is 0 Å². The lowest BCUT2D eigenvalue weighted by Gasteiger charge is -2.22. The van der Waals surface area contributed by atoms with Gasteiger partial charge in [-0.15, -0.1) is 0 Å². The molecular weight excluding hydrogens is 312 g/mol. The minimum Gasteiger partial charge on any atom is -0.376 e. The van der Waals surface area contributed by atoms with Crippen molar-refractivity contribution in [2.24, 2.45) is 10.9 Å². The normalized spacial score (nSPS) is 18.2. The summed E-state index contributed by atoms with van der Waals surface area (Å²) in [5.41, 5.74) is 1.24. The molecule has 5 heteroatoms. The number of nitrogens with zero attached hydrogens (tertiary/aromatic N) is 3. The van der Waals surface area contributed by atoms with Crippen LogP contribution < -0.4 is 5.32 Å². The maximum absolute atomic E-state index is 5.93. The third-order valence-corrected chi connectivity index (χ3v) is 4.67. The molecule has 0 spiro atoms. The van der Waals surface area contributed by atoms with Crippen LogP contribution in [0.1, 0.15) is 25.8 Å². The Bertz CT molecular complexity index is 506. The van der Waals surface area contributed by atoms with Crippen LogP contribution in [0, 0.1) is 5.92 Å². The fourth-order valence-corrected chi connectivity index (χ4v) is 2.99. The molecule has 1 aliphatic heterocycles. The van der Waals surface area contributed by atoms with Crippen molar-refractivity contribution in [3.05, 3.63) is 35.9 Å². The van der Waals surface area contributed by atoms with Crippen molar-refractivity contribution < 1.29 is 4.74 Å². The number of likely N-dealkylation sites (tertiary alicyclic amines) is 1. The second-order valence-electron chi connectivity index (χ2n) is 6.73. The second-order valence-corrected chi connectivity index (χ2v) is 6.73. The molecule has 0 saturated carbocycles. The van der Waals surface area contributed by atoms with E-state index in [0.717, 1.165) is 51.8 Å². The van der Waals surface area contributed by atoms with E-state index in [0.29, 0.717) is 12.5 Å². The number of hydrogen-bond donors (Lipinski definition) is 1. The minimum atomic E-state index is 0.589. The Balaban J connectivity index is 1.75. The average molecular weight is 347 g/mol. The van der Waals surface area contributed by atoms with Crippen LogP contribution in [0.2, 0.25) is 0 Å². The molecule has 1 atom stereocenters. The molecular formula is C20H34N4O. The van der Waals surface area contributed by atoms with Crippen molar-refractivity contribution in [2.75, 3.05) is 52.9 Å². The highest BCUT2D eigenvalue weighted by molar-refractivity contribution is 5.80. The van der Waals surface area contributed by atoms with Gasteiger partial charge in [0.05, 0.1) is 19.8 Å². The second kappa shape index (κ2) is 11.1. The Labute approximate surface area is 153 Å². The van der Waals surface area contributed by atoms with Crippen molar-refractivity contribution in [3.8, 4) is 0 Å². The molecule has 0 aromatic heterocycles. The van der Waals surface area contributed by atoms with E-state index >= 15 is 0 Å². The number of rotatable bonds is 9. The molecule has 5 nitrogen and oxygen atoms in total. The Morgan fingerprint density at radius 3 is 2.84 bits per heavy atom. The number of nitrogens with one attached hydrogen (secondary N) is 1. The highest BCUT2D eigenvalue weighted by Crippen LogP contribution is 2.17. The first kappa shape index (κ1) is 19.7. The van der Waals surface area contributed by atoms with Gasteiger partial charge in [0.2, 0.25) is 0 Å². The molecule has 0 aliphatic carbocycles. The first-order valence-electron chi connectivity index (χ1n) is 9.56. The lowest BCUT2D eigenvalue weighted by Crippen LogP contribution is -2.40. The van der Waals surface area contributed by atoms with Gasteiger partial charge >= 0.3 is 0 Å². The van der Waals surface area contributed by atoms with Gasteiger partial charge in [0.15, 0.2) is 5.96 Å². The smallest absolute Gasteiger partial charge is 0.193 e. The quantitative estimate of drug-likeness (QED) is 0.551. The number of benzene rings is 1. The van der Waals surface area contributed by atoms with Gasteiger partial charge in [-0.25, -0.2) is 0 Å². The van der Waals surface area contributed by atoms with Gasteiger partial charge in [0, 0.05) is 32.1 Å². The summed E-state index contributed by atoms with van der Waals surface area (Å²) < 4.78 is 5.93. The molecule has 0 radical (unpaired) electrons. The average Bonchev–Trinajstić information content (AvgIpc) is 3.10. The van der Waals surface area contributed by atoms with Crippen LogP contribution in [-0.2, 0) is 11.3 Å². The molecule has 1 aromatic rings. The number of guanidine groups is 1. The van der Waals surface area contributed by atoms with E-state index in [1.54, 1.807) is 0 Å². The topological polar surface area (TPSA) is 40.1 Å². The molecule has 25 heavy (non-hydrogen) atoms. The zero-order valence-corrected chi connectivity index (χ0v) is 16.1. The number of hydrogen-bond acceptors (Lipinski definition) is 3. The molecule has 1 unspecified atom stereocenters. The molecule has 1 aromatic carbocycles. The Hall–Kier alpha value is -1.59. The first-order valence-corrected chi connectivity index (χ1v) is 9.56. The van der Waals surface area contributed by atoms with Gasteiger partial charge in [-0.1, -0.05) is 37.3 Å². The van der Waals surface area contributed by atoms with Crippen molar-refractivity contribution in [1.29, 1.82) is 0 Å². The van der Waals surface area contributed by atoms with E-state index in [9.17, 15) is 0 Å². The fourth-order valence-electron chi connectivity index (χ4n) is 2.99. The third kappa shape index (κ3) is 7.04. The molecule has 1 heterocycles. The highest BCUT2D eigenvalue weighted by atomic mass is 16.5. The van der Waals surface area contributed by atoms with E-state index in [2.05, 4.69) is 60.3 Å². The van der Waals surface area contributed by atoms with Crippen molar-refractivity contribution in [3.63, 3.8) is 0 Å². The van der Waals surface area contributed by atoms with Gasteiger partial charge in [0.25, 0.3) is 0 Å². The largest absolute Gasteiger partial charge is 0.376 e. The minimum absolute atomic E-state index is 0.589. The molecule has 140 valence electrons. The van der Waals surface area contributed by atoms with E-state index < -0.39 is 0 Å². The van der Waals surface area contributed by atoms with E-state index in [1.165, 1.54) is 12.0 Å². The number of aliphatic imine (C=N–C) groups is 1. The summed E-state index contributed by atoms with van der Waals surface area (Å²) in [6, 6.07) is 10.4. The van der Waals surface area contributed by atoms with Crippen LogP contribution in [0.4, 0.5) is 0 Å². The Kier molecular flexibility index (Phi) is 8.77. The SMILES string of the molecule is CCNC(=NCCN(C)CC)N1CCC(COCc2ccccc2)C1. The van der Waals surface area contributed by atoms with Crippen LogP contribution in [0.25, 0.3) is 0 Å². The summed E-state index contributed by atoms with van der Waals surface area (Å²) in [6.45, 7) is 11.8. The zero-order valence-electron chi connectivity index (χ0n) is 16.1. The summed E-state index contributed by atoms with van der Waals surface area (Å²) in [7, 11) is 2.14. The number of likely N-dealkylation sites (N-methyl/N-ethyl adjacent to an activating group) is 1. The maximum atomic E-state index is 5.93. The molecule has 2 rings (SSSR count). The van der Waals surface area contributed by atoms with Crippen molar-refractivity contribution in [2.45, 2.75) is 26.9 Å². The van der Waals surface area contributed by atoms with Crippen LogP contribution in [0.3, 0.4) is 0 Å². The predicted octanol–water partition coefficient (Wildman–Crippen LogP) is 2.44.